The molecule has 0 spiro atoms. The number of aliphatic hydroxyl groups excluding tert-OH is 2. The molecule has 0 saturated carbocycles. The standard InChI is InChI=1S/C8H11NO3.3ClH/c1-5-8(12)7(4-11)6(3-10)2-9-5;;;/h2,10-12H,3-4H2,1H3;3*1H. The molecule has 0 radical (unpaired) electrons. The summed E-state index contributed by atoms with van der Waals surface area (Å²) in [5.41, 5.74) is 1.27. The normalized spacial score (nSPS) is 8.20. The fourth-order valence-electron chi connectivity index (χ4n) is 0.997. The molecule has 0 aliphatic carbocycles. The number of rotatable bonds is 2. The summed E-state index contributed by atoms with van der Waals surface area (Å²) < 4.78 is 0. The van der Waals surface area contributed by atoms with E-state index in [1.807, 2.05) is 0 Å². The van der Waals surface area contributed by atoms with E-state index >= 15 is 0 Å². The molecule has 15 heavy (non-hydrogen) atoms. The van der Waals surface area contributed by atoms with Gasteiger partial charge in [-0.15, -0.1) is 37.2 Å². The van der Waals surface area contributed by atoms with Crippen LogP contribution in [-0.4, -0.2) is 20.3 Å². The zero-order valence-electron chi connectivity index (χ0n) is 8.01. The van der Waals surface area contributed by atoms with Crippen LogP contribution in [0.2, 0.25) is 0 Å². The smallest absolute Gasteiger partial charge is 0.142 e. The maximum Gasteiger partial charge on any atom is 0.142 e. The molecule has 0 atom stereocenters. The third-order valence-electron chi connectivity index (χ3n) is 1.76. The van der Waals surface area contributed by atoms with Gasteiger partial charge in [0, 0.05) is 17.3 Å². The van der Waals surface area contributed by atoms with E-state index in [0.29, 0.717) is 16.8 Å². The molecule has 1 aromatic rings. The van der Waals surface area contributed by atoms with Crippen molar-refractivity contribution < 1.29 is 15.3 Å². The molecule has 0 saturated heterocycles. The first kappa shape index (κ1) is 20.2. The van der Waals surface area contributed by atoms with Crippen LogP contribution in [0.5, 0.6) is 5.75 Å². The Morgan fingerprint density at radius 1 is 1.13 bits per heavy atom. The van der Waals surface area contributed by atoms with Crippen LogP contribution in [0.4, 0.5) is 0 Å². The highest BCUT2D eigenvalue weighted by atomic mass is 35.5. The van der Waals surface area contributed by atoms with Gasteiger partial charge in [0.1, 0.15) is 5.75 Å². The summed E-state index contributed by atoms with van der Waals surface area (Å²) in [6.45, 7) is 1.12. The first-order chi connectivity index (χ1) is 5.70. The lowest BCUT2D eigenvalue weighted by molar-refractivity contribution is 0.254. The van der Waals surface area contributed by atoms with E-state index in [-0.39, 0.29) is 56.2 Å². The van der Waals surface area contributed by atoms with Crippen molar-refractivity contribution in [2.45, 2.75) is 20.1 Å². The van der Waals surface area contributed by atoms with E-state index in [9.17, 15) is 5.11 Å². The van der Waals surface area contributed by atoms with Crippen LogP contribution in [-0.2, 0) is 13.2 Å². The highest BCUT2D eigenvalue weighted by Gasteiger charge is 2.09. The molecule has 7 heteroatoms. The molecule has 0 bridgehead atoms. The predicted octanol–water partition coefficient (Wildman–Crippen LogP) is 1.35. The molecule has 1 aromatic heterocycles. The first-order valence-corrected chi connectivity index (χ1v) is 3.58. The molecule has 0 fully saturated rings. The van der Waals surface area contributed by atoms with Crippen molar-refractivity contribution in [2.24, 2.45) is 0 Å². The van der Waals surface area contributed by atoms with Crippen LogP contribution in [0.15, 0.2) is 6.20 Å². The molecule has 0 aliphatic heterocycles. The van der Waals surface area contributed by atoms with Gasteiger partial charge in [-0.1, -0.05) is 0 Å². The van der Waals surface area contributed by atoms with Gasteiger partial charge in [-0.2, -0.15) is 0 Å². The summed E-state index contributed by atoms with van der Waals surface area (Å²) in [6, 6.07) is 0. The molecule has 1 heterocycles. The fourth-order valence-corrected chi connectivity index (χ4v) is 0.997. The minimum absolute atomic E-state index is 0. The quantitative estimate of drug-likeness (QED) is 0.763. The van der Waals surface area contributed by atoms with Crippen LogP contribution in [0.3, 0.4) is 0 Å². The Balaban J connectivity index is -0.000000480. The topological polar surface area (TPSA) is 73.6 Å². The SMILES string of the molecule is Cc1ncc(CO)c(CO)c1O.Cl.Cl.Cl. The Morgan fingerprint density at radius 3 is 2.07 bits per heavy atom. The van der Waals surface area contributed by atoms with Crippen LogP contribution in [0.25, 0.3) is 0 Å². The molecular formula is C8H14Cl3NO3. The number of halogens is 3. The van der Waals surface area contributed by atoms with Gasteiger partial charge in [-0.05, 0) is 6.92 Å². The summed E-state index contributed by atoms with van der Waals surface area (Å²) in [5.74, 6) is -0.0379. The molecule has 3 N–H and O–H groups in total. The highest BCUT2D eigenvalue weighted by molar-refractivity contribution is 5.86. The van der Waals surface area contributed by atoms with Crippen molar-refractivity contribution in [3.8, 4) is 5.75 Å². The average Bonchev–Trinajstić information content (AvgIpc) is 2.09. The van der Waals surface area contributed by atoms with Crippen molar-refractivity contribution in [1.82, 2.24) is 4.98 Å². The van der Waals surface area contributed by atoms with Crippen LogP contribution in [0, 0.1) is 6.92 Å². The Hall–Kier alpha value is -0.260. The lowest BCUT2D eigenvalue weighted by atomic mass is 10.1. The zero-order chi connectivity index (χ0) is 9.14. The van der Waals surface area contributed by atoms with Gasteiger partial charge in [0.25, 0.3) is 0 Å². The Bertz CT molecular complexity index is 297. The number of aliphatic hydroxyl groups is 2. The maximum atomic E-state index is 9.38. The molecule has 1 rings (SSSR count). The fraction of sp³-hybridized carbons (Fsp3) is 0.375. The second kappa shape index (κ2) is 9.00. The summed E-state index contributed by atoms with van der Waals surface area (Å²) >= 11 is 0. The summed E-state index contributed by atoms with van der Waals surface area (Å²) in [7, 11) is 0. The largest absolute Gasteiger partial charge is 0.506 e. The molecule has 4 nitrogen and oxygen atoms in total. The molecule has 0 amide bonds. The monoisotopic (exact) mass is 277 g/mol. The number of aromatic hydroxyl groups is 1. The number of hydrogen-bond donors (Lipinski definition) is 3. The van der Waals surface area contributed by atoms with E-state index in [2.05, 4.69) is 4.98 Å². The molecular weight excluding hydrogens is 264 g/mol. The van der Waals surface area contributed by atoms with Crippen molar-refractivity contribution in [3.05, 3.63) is 23.0 Å². The Labute approximate surface area is 107 Å². The summed E-state index contributed by atoms with van der Waals surface area (Å²) in [4.78, 5) is 3.84. The predicted molar refractivity (Wildman–Crippen MR) is 64.2 cm³/mol. The number of nitrogens with zero attached hydrogens (tertiary/aromatic N) is 1. The van der Waals surface area contributed by atoms with Gasteiger partial charge >= 0.3 is 0 Å². The number of aromatic nitrogens is 1. The lowest BCUT2D eigenvalue weighted by Crippen LogP contribution is -1.98. The van der Waals surface area contributed by atoms with Gasteiger partial charge in [-0.25, -0.2) is 0 Å². The Morgan fingerprint density at radius 2 is 1.67 bits per heavy atom. The third kappa shape index (κ3) is 4.40. The number of pyridine rings is 1. The first-order valence-electron chi connectivity index (χ1n) is 3.58. The van der Waals surface area contributed by atoms with Crippen LogP contribution in [0.1, 0.15) is 16.8 Å². The average molecular weight is 279 g/mol. The van der Waals surface area contributed by atoms with E-state index in [4.69, 9.17) is 10.2 Å². The van der Waals surface area contributed by atoms with Gasteiger partial charge in [-0.3, -0.25) is 4.98 Å². The Kier molecular flexibility index (Phi) is 12.1. The summed E-state index contributed by atoms with van der Waals surface area (Å²) in [5, 5.41) is 27.0. The van der Waals surface area contributed by atoms with Gasteiger partial charge < -0.3 is 15.3 Å². The van der Waals surface area contributed by atoms with E-state index < -0.39 is 0 Å². The van der Waals surface area contributed by atoms with E-state index in [0.717, 1.165) is 0 Å². The van der Waals surface area contributed by atoms with Crippen molar-refractivity contribution in [2.75, 3.05) is 0 Å². The highest BCUT2D eigenvalue weighted by Crippen LogP contribution is 2.23. The molecule has 90 valence electrons. The minimum Gasteiger partial charge on any atom is -0.506 e. The number of hydrogen-bond acceptors (Lipinski definition) is 4. The molecule has 0 aromatic carbocycles. The zero-order valence-corrected chi connectivity index (χ0v) is 10.5. The van der Waals surface area contributed by atoms with Gasteiger partial charge in [0.2, 0.25) is 0 Å². The lowest BCUT2D eigenvalue weighted by Gasteiger charge is -2.07. The molecule has 0 unspecified atom stereocenters. The molecule has 0 aliphatic rings. The second-order valence-electron chi connectivity index (χ2n) is 2.51. The summed E-state index contributed by atoms with van der Waals surface area (Å²) in [6.07, 6.45) is 1.45. The van der Waals surface area contributed by atoms with E-state index in [1.165, 1.54) is 6.20 Å². The van der Waals surface area contributed by atoms with Crippen molar-refractivity contribution >= 4 is 37.2 Å². The van der Waals surface area contributed by atoms with E-state index in [1.54, 1.807) is 6.92 Å². The van der Waals surface area contributed by atoms with Crippen LogP contribution >= 0.6 is 37.2 Å². The van der Waals surface area contributed by atoms with Crippen molar-refractivity contribution in [3.63, 3.8) is 0 Å². The minimum atomic E-state index is -0.287. The van der Waals surface area contributed by atoms with Gasteiger partial charge in [0.05, 0.1) is 18.9 Å². The third-order valence-corrected chi connectivity index (χ3v) is 1.76. The number of aryl methyl sites for hydroxylation is 1. The van der Waals surface area contributed by atoms with Crippen LogP contribution < -0.4 is 0 Å². The maximum absolute atomic E-state index is 9.38. The van der Waals surface area contributed by atoms with Crippen molar-refractivity contribution in [1.29, 1.82) is 0 Å². The van der Waals surface area contributed by atoms with Gasteiger partial charge in [0.15, 0.2) is 0 Å². The second-order valence-corrected chi connectivity index (χ2v) is 2.51.